The molecule has 0 N–H and O–H groups in total. The molecule has 2 nitrogen and oxygen atoms in total. The van der Waals surface area contributed by atoms with Crippen LogP contribution in [0.2, 0.25) is 12.1 Å². The van der Waals surface area contributed by atoms with E-state index in [4.69, 9.17) is 9.47 Å². The average molecular weight is 268 g/mol. The molecule has 0 aromatic rings. The van der Waals surface area contributed by atoms with Gasteiger partial charge in [0.25, 0.3) is 0 Å². The maximum absolute atomic E-state index is 6.18. The lowest BCUT2D eigenvalue weighted by Gasteiger charge is -2.46. The first-order chi connectivity index (χ1) is 8.47. The van der Waals surface area contributed by atoms with Crippen molar-refractivity contribution >= 4 is 15.1 Å². The fourth-order valence-electron chi connectivity index (χ4n) is 2.53. The molecule has 4 heteroatoms. The normalized spacial score (nSPS) is 17.9. The van der Waals surface area contributed by atoms with Crippen LogP contribution in [-0.4, -0.2) is 39.9 Å². The summed E-state index contributed by atoms with van der Waals surface area (Å²) in [4.78, 5) is 0. The summed E-state index contributed by atoms with van der Waals surface area (Å²) in [6, 6.07) is 0.320. The molecule has 112 valence electrons. The van der Waals surface area contributed by atoms with Crippen molar-refractivity contribution in [2.45, 2.75) is 78.6 Å². The highest BCUT2D eigenvalue weighted by Gasteiger charge is 2.41. The Morgan fingerprint density at radius 2 is 1.68 bits per heavy atom. The molecule has 0 aliphatic heterocycles. The second-order valence-corrected chi connectivity index (χ2v) is 7.68. The van der Waals surface area contributed by atoms with Crippen LogP contribution in [-0.2, 0) is 9.47 Å². The minimum absolute atomic E-state index is 0.0948. The summed E-state index contributed by atoms with van der Waals surface area (Å²) in [6.45, 7) is 19.3. The number of hydrogen-bond donors (Lipinski definition) is 0. The van der Waals surface area contributed by atoms with Gasteiger partial charge in [0.2, 0.25) is 0 Å². The van der Waals surface area contributed by atoms with Crippen molar-refractivity contribution in [3.63, 3.8) is 0 Å². The Balaban J connectivity index is 4.72. The highest BCUT2D eigenvalue weighted by atomic mass is 16.5. The van der Waals surface area contributed by atoms with Crippen LogP contribution < -0.4 is 0 Å². The van der Waals surface area contributed by atoms with E-state index >= 15 is 0 Å². The first-order valence-electron chi connectivity index (χ1n) is 7.73. The molecule has 0 rings (SSSR count). The molecule has 2 unspecified atom stereocenters. The Morgan fingerprint density at radius 3 is 2.11 bits per heavy atom. The monoisotopic (exact) mass is 268 g/mol. The van der Waals surface area contributed by atoms with E-state index in [0.717, 1.165) is 26.9 Å². The third-order valence-electron chi connectivity index (χ3n) is 4.46. The SMILES string of the molecule is BC(C)(COCC)C(C)(C)CC(C)(C)OC(C)BC. The predicted octanol–water partition coefficient (Wildman–Crippen LogP) is 2.88. The summed E-state index contributed by atoms with van der Waals surface area (Å²) in [5, 5.41) is 0.138. The molecular formula is C15H34B2O2. The molecule has 0 saturated heterocycles. The van der Waals surface area contributed by atoms with E-state index in [9.17, 15) is 0 Å². The van der Waals surface area contributed by atoms with Crippen LogP contribution in [0.3, 0.4) is 0 Å². The van der Waals surface area contributed by atoms with Crippen molar-refractivity contribution in [2.24, 2.45) is 5.41 Å². The molecule has 0 fully saturated rings. The van der Waals surface area contributed by atoms with Gasteiger partial charge < -0.3 is 9.47 Å². The highest BCUT2D eigenvalue weighted by molar-refractivity contribution is 6.35. The smallest absolute Gasteiger partial charge is 0.154 e. The lowest BCUT2D eigenvalue weighted by molar-refractivity contribution is -0.0689. The highest BCUT2D eigenvalue weighted by Crippen LogP contribution is 2.48. The van der Waals surface area contributed by atoms with Gasteiger partial charge in [0.1, 0.15) is 7.85 Å². The molecule has 0 amide bonds. The van der Waals surface area contributed by atoms with E-state index in [0.29, 0.717) is 6.00 Å². The van der Waals surface area contributed by atoms with Gasteiger partial charge >= 0.3 is 0 Å². The second kappa shape index (κ2) is 7.17. The molecule has 2 atom stereocenters. The maximum Gasteiger partial charge on any atom is 0.154 e. The van der Waals surface area contributed by atoms with E-state index in [2.05, 4.69) is 63.1 Å². The Morgan fingerprint density at radius 1 is 1.16 bits per heavy atom. The molecule has 0 aromatic carbocycles. The van der Waals surface area contributed by atoms with Crippen LogP contribution in [0.5, 0.6) is 0 Å². The summed E-state index contributed by atoms with van der Waals surface area (Å²) in [5.74, 6) is 0. The Hall–Kier alpha value is 0.0499. The molecule has 0 saturated carbocycles. The van der Waals surface area contributed by atoms with Crippen LogP contribution in [0.15, 0.2) is 0 Å². The van der Waals surface area contributed by atoms with Gasteiger partial charge in [-0.3, -0.25) is 0 Å². The lowest BCUT2D eigenvalue weighted by atomic mass is 9.52. The predicted molar refractivity (Wildman–Crippen MR) is 89.4 cm³/mol. The van der Waals surface area contributed by atoms with E-state index in [1.807, 2.05) is 0 Å². The van der Waals surface area contributed by atoms with Crippen molar-refractivity contribution in [1.82, 2.24) is 0 Å². The van der Waals surface area contributed by atoms with E-state index < -0.39 is 0 Å². The van der Waals surface area contributed by atoms with E-state index in [1.165, 1.54) is 0 Å². The van der Waals surface area contributed by atoms with Crippen molar-refractivity contribution in [1.29, 1.82) is 0 Å². The minimum Gasteiger partial charge on any atom is -0.382 e. The zero-order valence-corrected chi connectivity index (χ0v) is 14.7. The standard InChI is InChI=1S/C15H34B2O2/c1-9-18-11-15(7,16)13(3,4)10-14(5,6)19-12(2)17-8/h12,17H,9-11,16H2,1-8H3. The zero-order valence-electron chi connectivity index (χ0n) is 14.7. The Kier molecular flexibility index (Phi) is 7.19. The van der Waals surface area contributed by atoms with Gasteiger partial charge in [-0.15, -0.1) is 0 Å². The maximum atomic E-state index is 6.18. The van der Waals surface area contributed by atoms with Crippen molar-refractivity contribution in [2.75, 3.05) is 13.2 Å². The first kappa shape index (κ1) is 19.0. The molecular weight excluding hydrogens is 234 g/mol. The number of ether oxygens (including phenoxy) is 2. The molecule has 0 spiro atoms. The van der Waals surface area contributed by atoms with E-state index in [-0.39, 0.29) is 16.3 Å². The quantitative estimate of drug-likeness (QED) is 0.598. The fraction of sp³-hybridized carbons (Fsp3) is 1.00. The zero-order chi connectivity index (χ0) is 15.3. The van der Waals surface area contributed by atoms with Gasteiger partial charge in [-0.2, -0.15) is 0 Å². The van der Waals surface area contributed by atoms with Crippen molar-refractivity contribution < 1.29 is 9.47 Å². The minimum atomic E-state index is -0.0948. The third-order valence-corrected chi connectivity index (χ3v) is 4.46. The van der Waals surface area contributed by atoms with Gasteiger partial charge in [0.15, 0.2) is 7.28 Å². The summed E-state index contributed by atoms with van der Waals surface area (Å²) in [6.07, 6.45) is 1.03. The van der Waals surface area contributed by atoms with Crippen molar-refractivity contribution in [3.05, 3.63) is 0 Å². The summed E-state index contributed by atoms with van der Waals surface area (Å²) in [7, 11) is 3.36. The molecule has 0 heterocycles. The fourth-order valence-corrected chi connectivity index (χ4v) is 2.53. The topological polar surface area (TPSA) is 18.5 Å². The molecule has 19 heavy (non-hydrogen) atoms. The average Bonchev–Trinajstić information content (AvgIpc) is 2.23. The Bertz CT molecular complexity index is 263. The third kappa shape index (κ3) is 6.35. The molecule has 0 aromatic heterocycles. The summed E-state index contributed by atoms with van der Waals surface area (Å²) in [5.41, 5.74) is 0.0710. The van der Waals surface area contributed by atoms with Crippen LogP contribution in [0, 0.1) is 5.41 Å². The molecule has 0 aliphatic carbocycles. The van der Waals surface area contributed by atoms with Crippen LogP contribution in [0.4, 0.5) is 0 Å². The van der Waals surface area contributed by atoms with Crippen molar-refractivity contribution in [3.8, 4) is 0 Å². The van der Waals surface area contributed by atoms with Crippen LogP contribution in [0.1, 0.15) is 54.9 Å². The van der Waals surface area contributed by atoms with Gasteiger partial charge in [-0.1, -0.05) is 27.6 Å². The lowest BCUT2D eigenvalue weighted by Crippen LogP contribution is -2.42. The number of hydrogen-bond acceptors (Lipinski definition) is 2. The number of rotatable bonds is 9. The van der Waals surface area contributed by atoms with E-state index in [1.54, 1.807) is 0 Å². The van der Waals surface area contributed by atoms with Gasteiger partial charge in [-0.05, 0) is 44.8 Å². The van der Waals surface area contributed by atoms with Gasteiger partial charge in [0.05, 0.1) is 5.60 Å². The first-order valence-corrected chi connectivity index (χ1v) is 7.73. The molecule has 0 bridgehead atoms. The summed E-state index contributed by atoms with van der Waals surface area (Å²) >= 11 is 0. The van der Waals surface area contributed by atoms with Gasteiger partial charge in [0, 0.05) is 19.2 Å². The van der Waals surface area contributed by atoms with Gasteiger partial charge in [-0.25, -0.2) is 0 Å². The Labute approximate surface area is 122 Å². The molecule has 0 aliphatic rings. The largest absolute Gasteiger partial charge is 0.382 e. The van der Waals surface area contributed by atoms with Crippen LogP contribution in [0.25, 0.3) is 0 Å². The second-order valence-electron chi connectivity index (χ2n) is 7.68. The molecule has 0 radical (unpaired) electrons. The van der Waals surface area contributed by atoms with Crippen LogP contribution >= 0.6 is 0 Å². The summed E-state index contributed by atoms with van der Waals surface area (Å²) < 4.78 is 11.8.